The Labute approximate surface area is 223 Å². The van der Waals surface area contributed by atoms with Crippen molar-refractivity contribution in [1.82, 2.24) is 25.8 Å². The number of methoxy groups -OCH3 is 1. The fourth-order valence-electron chi connectivity index (χ4n) is 3.76. The first-order valence-corrected chi connectivity index (χ1v) is 13.8. The summed E-state index contributed by atoms with van der Waals surface area (Å²) in [5.74, 6) is -0.733. The molecule has 11 nitrogen and oxygen atoms in total. The van der Waals surface area contributed by atoms with Gasteiger partial charge in [0.2, 0.25) is 0 Å². The normalized spacial score (nSPS) is 12.1. The number of benzene rings is 2. The summed E-state index contributed by atoms with van der Waals surface area (Å²) < 4.78 is 32.8. The number of aromatic nitrogens is 3. The zero-order valence-corrected chi connectivity index (χ0v) is 22.1. The smallest absolute Gasteiger partial charge is 0.268 e. The summed E-state index contributed by atoms with van der Waals surface area (Å²) in [7, 11) is -0.691. The van der Waals surface area contributed by atoms with Crippen molar-refractivity contribution in [3.63, 3.8) is 0 Å². The van der Waals surface area contributed by atoms with E-state index in [-0.39, 0.29) is 22.2 Å². The first-order valence-electron chi connectivity index (χ1n) is 11.4. The summed E-state index contributed by atoms with van der Waals surface area (Å²) in [5.41, 5.74) is 3.74. The van der Waals surface area contributed by atoms with Crippen molar-refractivity contribution >= 4 is 33.0 Å². The maximum absolute atomic E-state index is 13.1. The molecule has 0 radical (unpaired) electrons. The van der Waals surface area contributed by atoms with E-state index in [9.17, 15) is 23.2 Å². The van der Waals surface area contributed by atoms with E-state index in [0.717, 1.165) is 22.5 Å². The summed E-state index contributed by atoms with van der Waals surface area (Å²) in [6, 6.07) is 16.2. The van der Waals surface area contributed by atoms with Crippen molar-refractivity contribution in [1.29, 1.82) is 0 Å². The van der Waals surface area contributed by atoms with Crippen molar-refractivity contribution in [2.45, 2.75) is 22.4 Å². The van der Waals surface area contributed by atoms with Gasteiger partial charge in [-0.25, -0.2) is 18.6 Å². The maximum Gasteiger partial charge on any atom is 0.268 e. The van der Waals surface area contributed by atoms with E-state index in [1.165, 1.54) is 16.9 Å². The molecule has 2 amide bonds. The van der Waals surface area contributed by atoms with Crippen LogP contribution in [0.4, 0.5) is 0 Å². The predicted octanol–water partition coefficient (Wildman–Crippen LogP) is 2.64. The van der Waals surface area contributed by atoms with Crippen molar-refractivity contribution in [3.05, 3.63) is 83.7 Å². The molecule has 2 heterocycles. The molecular weight excluding hydrogens is 530 g/mol. The molecule has 0 saturated heterocycles. The largest absolute Gasteiger partial charge is 0.497 e. The van der Waals surface area contributed by atoms with Gasteiger partial charge in [0.25, 0.3) is 11.8 Å². The first kappa shape index (κ1) is 27.0. The molecular formula is C25H25N5O6S2. The summed E-state index contributed by atoms with van der Waals surface area (Å²) in [5, 5.41) is 19.7. The van der Waals surface area contributed by atoms with Crippen LogP contribution in [-0.4, -0.2) is 54.6 Å². The molecule has 0 bridgehead atoms. The van der Waals surface area contributed by atoms with E-state index < -0.39 is 27.5 Å². The molecule has 0 aliphatic heterocycles. The molecule has 1 atom stereocenters. The number of ether oxygens (including phenoxy) is 1. The molecule has 0 aliphatic carbocycles. The highest BCUT2D eigenvalue weighted by molar-refractivity contribution is 7.92. The highest BCUT2D eigenvalue weighted by Gasteiger charge is 2.25. The van der Waals surface area contributed by atoms with Crippen molar-refractivity contribution in [3.8, 4) is 16.2 Å². The average molecular weight is 556 g/mol. The number of amides is 2. The van der Waals surface area contributed by atoms with Gasteiger partial charge < -0.3 is 10.1 Å². The molecule has 38 heavy (non-hydrogen) atoms. The lowest BCUT2D eigenvalue weighted by molar-refractivity contribution is -0.133. The lowest BCUT2D eigenvalue weighted by Crippen LogP contribution is -2.32. The van der Waals surface area contributed by atoms with E-state index in [1.54, 1.807) is 74.2 Å². The van der Waals surface area contributed by atoms with Crippen LogP contribution in [0.25, 0.3) is 10.4 Å². The lowest BCUT2D eigenvalue weighted by atomic mass is 10.1. The monoisotopic (exact) mass is 555 g/mol. The molecule has 4 aromatic rings. The van der Waals surface area contributed by atoms with E-state index in [2.05, 4.69) is 15.6 Å². The van der Waals surface area contributed by atoms with Gasteiger partial charge in [0.15, 0.2) is 9.84 Å². The summed E-state index contributed by atoms with van der Waals surface area (Å²) in [6.07, 6.45) is 1.55. The molecule has 0 saturated carbocycles. The SMILES string of the molecule is CNC(=O)c1cccc(-c2ccc(S(=O)(=O)Cc3cn(C(Cc4ccc(OC)cc4)C(=O)NO)nn3)s2)c1. The third-order valence-corrected chi connectivity index (χ3v) is 9.11. The van der Waals surface area contributed by atoms with Gasteiger partial charge in [-0.1, -0.05) is 29.5 Å². The van der Waals surface area contributed by atoms with Crippen LogP contribution in [0.5, 0.6) is 5.75 Å². The van der Waals surface area contributed by atoms with E-state index >= 15 is 0 Å². The van der Waals surface area contributed by atoms with Gasteiger partial charge in [-0.3, -0.25) is 14.8 Å². The number of rotatable bonds is 10. The van der Waals surface area contributed by atoms with Gasteiger partial charge in [-0.15, -0.1) is 16.4 Å². The topological polar surface area (TPSA) is 153 Å². The van der Waals surface area contributed by atoms with Crippen LogP contribution in [0, 0.1) is 0 Å². The standard InChI is InChI=1S/C25H25N5O6S2/c1-26-24(31)18-5-3-4-17(13-18)22-10-11-23(37-22)38(34,35)15-19-14-30(29-27-19)21(25(32)28-33)12-16-6-8-20(36-2)9-7-16/h3-11,13-14,21,33H,12,15H2,1-2H3,(H,26,31)(H,28,32). The van der Waals surface area contributed by atoms with E-state index in [1.807, 2.05) is 0 Å². The van der Waals surface area contributed by atoms with Gasteiger partial charge in [-0.05, 0) is 47.5 Å². The van der Waals surface area contributed by atoms with E-state index in [0.29, 0.717) is 16.2 Å². The van der Waals surface area contributed by atoms with Crippen molar-refractivity contribution in [2.24, 2.45) is 0 Å². The second-order valence-electron chi connectivity index (χ2n) is 8.27. The van der Waals surface area contributed by atoms with Gasteiger partial charge in [0, 0.05) is 23.9 Å². The van der Waals surface area contributed by atoms with Crippen LogP contribution in [0.3, 0.4) is 0 Å². The zero-order valence-electron chi connectivity index (χ0n) is 20.5. The molecule has 0 aliphatic rings. The minimum atomic E-state index is -3.78. The number of hydrogen-bond acceptors (Lipinski definition) is 9. The van der Waals surface area contributed by atoms with Crippen LogP contribution in [0.1, 0.15) is 27.7 Å². The Morgan fingerprint density at radius 1 is 1.13 bits per heavy atom. The Morgan fingerprint density at radius 3 is 2.58 bits per heavy atom. The summed E-state index contributed by atoms with van der Waals surface area (Å²) in [4.78, 5) is 25.0. The molecule has 198 valence electrons. The maximum atomic E-state index is 13.1. The number of hydrogen-bond donors (Lipinski definition) is 3. The Morgan fingerprint density at radius 2 is 1.89 bits per heavy atom. The van der Waals surface area contributed by atoms with Crippen LogP contribution >= 0.6 is 11.3 Å². The van der Waals surface area contributed by atoms with E-state index in [4.69, 9.17) is 4.74 Å². The predicted molar refractivity (Wildman–Crippen MR) is 140 cm³/mol. The number of thiophene rings is 1. The number of carbonyl (C=O) groups excluding carboxylic acids is 2. The Balaban J connectivity index is 1.52. The second-order valence-corrected chi connectivity index (χ2v) is 11.6. The number of carbonyl (C=O) groups is 2. The molecule has 1 unspecified atom stereocenters. The summed E-state index contributed by atoms with van der Waals surface area (Å²) in [6.45, 7) is 0. The minimum absolute atomic E-state index is 0.135. The molecule has 13 heteroatoms. The Hall–Kier alpha value is -4.07. The van der Waals surface area contributed by atoms with Crippen LogP contribution in [-0.2, 0) is 26.8 Å². The molecule has 3 N–H and O–H groups in total. The number of nitrogens with one attached hydrogen (secondary N) is 2. The number of sulfone groups is 1. The highest BCUT2D eigenvalue weighted by Crippen LogP contribution is 2.32. The molecule has 4 rings (SSSR count). The summed E-state index contributed by atoms with van der Waals surface area (Å²) >= 11 is 1.08. The minimum Gasteiger partial charge on any atom is -0.497 e. The van der Waals surface area contributed by atoms with Crippen LogP contribution in [0.15, 0.2) is 71.1 Å². The van der Waals surface area contributed by atoms with Gasteiger partial charge in [0.1, 0.15) is 21.8 Å². The lowest BCUT2D eigenvalue weighted by Gasteiger charge is -2.15. The molecule has 0 fully saturated rings. The van der Waals surface area contributed by atoms with Gasteiger partial charge in [-0.2, -0.15) is 0 Å². The third-order valence-electron chi connectivity index (χ3n) is 5.74. The van der Waals surface area contributed by atoms with Crippen molar-refractivity contribution < 1.29 is 28.0 Å². The van der Waals surface area contributed by atoms with Crippen molar-refractivity contribution in [2.75, 3.05) is 14.2 Å². The Kier molecular flexibility index (Phi) is 8.20. The Bertz CT molecular complexity index is 1550. The first-order chi connectivity index (χ1) is 18.2. The van der Waals surface area contributed by atoms with Gasteiger partial charge >= 0.3 is 0 Å². The fourth-order valence-corrected chi connectivity index (χ4v) is 6.39. The van der Waals surface area contributed by atoms with Crippen LogP contribution < -0.4 is 15.5 Å². The molecule has 2 aromatic carbocycles. The second kappa shape index (κ2) is 11.5. The quantitative estimate of drug-likeness (QED) is 0.199. The third kappa shape index (κ3) is 6.07. The molecule has 2 aromatic heterocycles. The highest BCUT2D eigenvalue weighted by atomic mass is 32.2. The van der Waals surface area contributed by atoms with Gasteiger partial charge in [0.05, 0.1) is 19.0 Å². The van der Waals surface area contributed by atoms with Crippen LogP contribution in [0.2, 0.25) is 0 Å². The fraction of sp³-hybridized carbons (Fsp3) is 0.200. The number of nitrogens with zero attached hydrogens (tertiary/aromatic N) is 3. The molecule has 0 spiro atoms. The average Bonchev–Trinajstić information content (AvgIpc) is 3.62. The zero-order chi connectivity index (χ0) is 27.3. The number of hydroxylamine groups is 1.